The summed E-state index contributed by atoms with van der Waals surface area (Å²) < 4.78 is 19.0. The molecule has 1 fully saturated rings. The normalized spacial score (nSPS) is 18.3. The fraction of sp³-hybridized carbons (Fsp3) is 0.318. The van der Waals surface area contributed by atoms with Gasteiger partial charge >= 0.3 is 6.03 Å². The molecule has 1 heterocycles. The number of nitrogens with zero attached hydrogens (tertiary/aromatic N) is 2. The summed E-state index contributed by atoms with van der Waals surface area (Å²) in [4.78, 5) is 40.6. The molecule has 0 aliphatic carbocycles. The molecule has 1 saturated heterocycles. The summed E-state index contributed by atoms with van der Waals surface area (Å²) in [5.74, 6) is -0.753. The van der Waals surface area contributed by atoms with Crippen LogP contribution in [0.2, 0.25) is 0 Å². The summed E-state index contributed by atoms with van der Waals surface area (Å²) in [5, 5.41) is 2.74. The number of ether oxygens (including phenoxy) is 1. The van der Waals surface area contributed by atoms with Crippen molar-refractivity contribution in [2.24, 2.45) is 0 Å². The van der Waals surface area contributed by atoms with Crippen LogP contribution in [0.4, 0.5) is 9.18 Å². The summed E-state index contributed by atoms with van der Waals surface area (Å²) in [6.45, 7) is 1.40. The van der Waals surface area contributed by atoms with E-state index in [1.807, 2.05) is 0 Å². The van der Waals surface area contributed by atoms with Gasteiger partial charge in [-0.2, -0.15) is 0 Å². The average molecular weight is 413 g/mol. The van der Waals surface area contributed by atoms with Gasteiger partial charge in [0.25, 0.3) is 5.91 Å². The topological polar surface area (TPSA) is 79.0 Å². The second-order valence-corrected chi connectivity index (χ2v) is 7.15. The van der Waals surface area contributed by atoms with Gasteiger partial charge in [0.2, 0.25) is 5.91 Å². The highest BCUT2D eigenvalue weighted by atomic mass is 19.1. The predicted molar refractivity (Wildman–Crippen MR) is 108 cm³/mol. The van der Waals surface area contributed by atoms with E-state index in [0.717, 1.165) is 4.90 Å². The second-order valence-electron chi connectivity index (χ2n) is 7.15. The number of hydrogen-bond acceptors (Lipinski definition) is 4. The molecule has 1 atom stereocenters. The summed E-state index contributed by atoms with van der Waals surface area (Å²) in [5.41, 5.74) is -0.279. The lowest BCUT2D eigenvalue weighted by Crippen LogP contribution is -2.45. The van der Waals surface area contributed by atoms with Gasteiger partial charge in [-0.25, -0.2) is 9.18 Å². The van der Waals surface area contributed by atoms with Gasteiger partial charge in [-0.1, -0.05) is 37.3 Å². The molecule has 30 heavy (non-hydrogen) atoms. The van der Waals surface area contributed by atoms with Crippen molar-refractivity contribution in [2.45, 2.75) is 25.4 Å². The average Bonchev–Trinajstić information content (AvgIpc) is 3.00. The second kappa shape index (κ2) is 8.52. The van der Waals surface area contributed by atoms with E-state index in [-0.39, 0.29) is 6.54 Å². The van der Waals surface area contributed by atoms with Crippen molar-refractivity contribution in [1.29, 1.82) is 0 Å². The molecule has 3 rings (SSSR count). The van der Waals surface area contributed by atoms with Gasteiger partial charge in [-0.15, -0.1) is 0 Å². The predicted octanol–water partition coefficient (Wildman–Crippen LogP) is 2.65. The Bertz CT molecular complexity index is 963. The van der Waals surface area contributed by atoms with Crippen molar-refractivity contribution in [3.05, 3.63) is 65.5 Å². The number of carbonyl (C=O) groups excluding carboxylic acids is 3. The molecule has 8 heteroatoms. The third kappa shape index (κ3) is 3.85. The van der Waals surface area contributed by atoms with Crippen molar-refractivity contribution in [1.82, 2.24) is 15.1 Å². The molecule has 158 valence electrons. The van der Waals surface area contributed by atoms with Crippen molar-refractivity contribution < 1.29 is 23.5 Å². The van der Waals surface area contributed by atoms with E-state index in [2.05, 4.69) is 5.32 Å². The van der Waals surface area contributed by atoms with Crippen LogP contribution >= 0.6 is 0 Å². The zero-order valence-corrected chi connectivity index (χ0v) is 17.1. The molecule has 4 amide bonds. The Balaban J connectivity index is 1.76. The molecule has 1 N–H and O–H groups in total. The zero-order valence-electron chi connectivity index (χ0n) is 17.1. The van der Waals surface area contributed by atoms with E-state index in [0.29, 0.717) is 23.3 Å². The summed E-state index contributed by atoms with van der Waals surface area (Å²) in [7, 11) is 3.04. The maximum atomic E-state index is 13.9. The van der Waals surface area contributed by atoms with Crippen LogP contribution in [0.5, 0.6) is 5.75 Å². The minimum Gasteiger partial charge on any atom is -0.497 e. The van der Waals surface area contributed by atoms with Crippen LogP contribution in [0.3, 0.4) is 0 Å². The highest BCUT2D eigenvalue weighted by molar-refractivity contribution is 6.09. The smallest absolute Gasteiger partial charge is 0.325 e. The number of likely N-dealkylation sites (N-methyl/N-ethyl adjacent to an activating group) is 1. The number of amides is 4. The van der Waals surface area contributed by atoms with Crippen LogP contribution in [-0.2, 0) is 21.7 Å². The number of urea groups is 1. The number of hydrogen-bond donors (Lipinski definition) is 1. The molecule has 2 aromatic rings. The lowest BCUT2D eigenvalue weighted by molar-refractivity contribution is -0.138. The minimum absolute atomic E-state index is 0.0343. The van der Waals surface area contributed by atoms with E-state index in [1.165, 1.54) is 25.1 Å². The monoisotopic (exact) mass is 413 g/mol. The van der Waals surface area contributed by atoms with E-state index < -0.39 is 35.7 Å². The van der Waals surface area contributed by atoms with Gasteiger partial charge in [0.1, 0.15) is 23.7 Å². The third-order valence-corrected chi connectivity index (χ3v) is 5.37. The Hall–Kier alpha value is -3.42. The fourth-order valence-corrected chi connectivity index (χ4v) is 3.51. The molecule has 1 aliphatic rings. The first-order valence-corrected chi connectivity index (χ1v) is 9.58. The maximum absolute atomic E-state index is 13.9. The molecular formula is C22H24FN3O4. The SMILES string of the molecule is CC[C@@]1(c2ccc(OC)cc2)NC(=O)N(CC(=O)N(C)Cc2ccccc2F)C1=O. The van der Waals surface area contributed by atoms with Crippen LogP contribution < -0.4 is 10.1 Å². The highest BCUT2D eigenvalue weighted by Crippen LogP contribution is 2.33. The van der Waals surface area contributed by atoms with Crippen LogP contribution in [0.25, 0.3) is 0 Å². The number of halogens is 1. The zero-order chi connectivity index (χ0) is 21.9. The van der Waals surface area contributed by atoms with Crippen LogP contribution in [0, 0.1) is 5.82 Å². The Morgan fingerprint density at radius 2 is 1.83 bits per heavy atom. The minimum atomic E-state index is -1.24. The lowest BCUT2D eigenvalue weighted by atomic mass is 9.87. The van der Waals surface area contributed by atoms with Gasteiger partial charge in [0, 0.05) is 19.2 Å². The molecule has 0 bridgehead atoms. The van der Waals surface area contributed by atoms with E-state index in [1.54, 1.807) is 49.4 Å². The van der Waals surface area contributed by atoms with Gasteiger partial charge in [0.15, 0.2) is 0 Å². The number of imide groups is 1. The molecule has 7 nitrogen and oxygen atoms in total. The standard InChI is InChI=1S/C22H24FN3O4/c1-4-22(16-9-11-17(30-3)12-10-16)20(28)26(21(29)24-22)14-19(27)25(2)13-15-7-5-6-8-18(15)23/h5-12H,4,13-14H2,1-3H3,(H,24,29)/t22-/m0/s1. The molecule has 2 aromatic carbocycles. The molecule has 0 aromatic heterocycles. The van der Waals surface area contributed by atoms with Crippen LogP contribution in [0.15, 0.2) is 48.5 Å². The van der Waals surface area contributed by atoms with Gasteiger partial charge in [-0.3, -0.25) is 14.5 Å². The van der Waals surface area contributed by atoms with Crippen molar-refractivity contribution in [2.75, 3.05) is 20.7 Å². The lowest BCUT2D eigenvalue weighted by Gasteiger charge is -2.26. The molecule has 1 aliphatic heterocycles. The fourth-order valence-electron chi connectivity index (χ4n) is 3.51. The Morgan fingerprint density at radius 3 is 2.43 bits per heavy atom. The number of benzene rings is 2. The van der Waals surface area contributed by atoms with Crippen molar-refractivity contribution in [3.63, 3.8) is 0 Å². The Kier molecular flexibility index (Phi) is 6.05. The Morgan fingerprint density at radius 1 is 1.17 bits per heavy atom. The van der Waals surface area contributed by atoms with E-state index in [4.69, 9.17) is 4.74 Å². The largest absolute Gasteiger partial charge is 0.497 e. The molecular weight excluding hydrogens is 389 g/mol. The molecule has 0 radical (unpaired) electrons. The quantitative estimate of drug-likeness (QED) is 0.708. The van der Waals surface area contributed by atoms with Crippen molar-refractivity contribution in [3.8, 4) is 5.75 Å². The number of methoxy groups -OCH3 is 1. The molecule has 0 saturated carbocycles. The van der Waals surface area contributed by atoms with Crippen LogP contribution in [0.1, 0.15) is 24.5 Å². The molecule has 0 spiro atoms. The number of nitrogens with one attached hydrogen (secondary N) is 1. The van der Waals surface area contributed by atoms with E-state index in [9.17, 15) is 18.8 Å². The molecule has 0 unspecified atom stereocenters. The van der Waals surface area contributed by atoms with Gasteiger partial charge in [0.05, 0.1) is 7.11 Å². The first kappa shape index (κ1) is 21.3. The first-order chi connectivity index (χ1) is 14.3. The van der Waals surface area contributed by atoms with Gasteiger partial charge < -0.3 is 15.0 Å². The third-order valence-electron chi connectivity index (χ3n) is 5.37. The summed E-state index contributed by atoms with van der Waals surface area (Å²) >= 11 is 0. The number of rotatable bonds is 7. The van der Waals surface area contributed by atoms with Crippen LogP contribution in [-0.4, -0.2) is 48.3 Å². The van der Waals surface area contributed by atoms with Gasteiger partial charge in [-0.05, 0) is 30.2 Å². The summed E-state index contributed by atoms with van der Waals surface area (Å²) in [6, 6.07) is 12.4. The first-order valence-electron chi connectivity index (χ1n) is 9.58. The van der Waals surface area contributed by atoms with Crippen molar-refractivity contribution >= 4 is 17.8 Å². The van der Waals surface area contributed by atoms with E-state index >= 15 is 0 Å². The maximum Gasteiger partial charge on any atom is 0.325 e. The Labute approximate surface area is 174 Å². The highest BCUT2D eigenvalue weighted by Gasteiger charge is 2.51. The number of carbonyl (C=O) groups is 3. The summed E-state index contributed by atoms with van der Waals surface area (Å²) in [6.07, 6.45) is 0.319.